The van der Waals surface area contributed by atoms with Crippen molar-refractivity contribution in [3.05, 3.63) is 43.0 Å². The van der Waals surface area contributed by atoms with E-state index in [0.29, 0.717) is 0 Å². The molecular weight excluding hydrogens is 240 g/mol. The lowest BCUT2D eigenvalue weighted by atomic mass is 10.4. The van der Waals surface area contributed by atoms with E-state index in [1.807, 2.05) is 43.4 Å². The Bertz CT molecular complexity index is 451. The fraction of sp³-hybridized carbons (Fsp3) is 0.273. The summed E-state index contributed by atoms with van der Waals surface area (Å²) in [6.45, 7) is 7.13. The molecule has 0 saturated heterocycles. The minimum atomic E-state index is -3.49. The molecule has 0 aliphatic carbocycles. The standard InChI is InChI=1S/C11H16O3SSi/c1-4-10-15(12,13)14-16(2,3)11-8-6-5-7-9-11/h4-9H,1,10H2,2-3H3. The van der Waals surface area contributed by atoms with Crippen molar-refractivity contribution >= 4 is 23.6 Å². The largest absolute Gasteiger partial charge is 0.309 e. The first-order valence-electron chi connectivity index (χ1n) is 4.97. The summed E-state index contributed by atoms with van der Waals surface area (Å²) in [4.78, 5) is 0. The molecule has 16 heavy (non-hydrogen) atoms. The van der Waals surface area contributed by atoms with Gasteiger partial charge < -0.3 is 3.87 Å². The molecule has 0 N–H and O–H groups in total. The summed E-state index contributed by atoms with van der Waals surface area (Å²) < 4.78 is 28.4. The highest BCUT2D eigenvalue weighted by Crippen LogP contribution is 2.10. The van der Waals surface area contributed by atoms with Crippen LogP contribution in [0.3, 0.4) is 0 Å². The van der Waals surface area contributed by atoms with E-state index in [-0.39, 0.29) is 5.75 Å². The molecule has 1 aromatic carbocycles. The molecule has 0 radical (unpaired) electrons. The molecule has 0 aromatic heterocycles. The lowest BCUT2D eigenvalue weighted by Crippen LogP contribution is -2.46. The van der Waals surface area contributed by atoms with Crippen molar-refractivity contribution in [1.29, 1.82) is 0 Å². The van der Waals surface area contributed by atoms with Crippen LogP contribution in [0, 0.1) is 0 Å². The molecule has 0 fully saturated rings. The number of rotatable bonds is 5. The quantitative estimate of drug-likeness (QED) is 0.594. The summed E-state index contributed by atoms with van der Waals surface area (Å²) in [5, 5.41) is 0.961. The van der Waals surface area contributed by atoms with Gasteiger partial charge >= 0.3 is 0 Å². The van der Waals surface area contributed by atoms with Crippen LogP contribution < -0.4 is 5.19 Å². The zero-order valence-corrected chi connectivity index (χ0v) is 11.3. The van der Waals surface area contributed by atoms with E-state index >= 15 is 0 Å². The van der Waals surface area contributed by atoms with Gasteiger partial charge in [-0.05, 0) is 18.3 Å². The van der Waals surface area contributed by atoms with Crippen molar-refractivity contribution in [2.45, 2.75) is 13.1 Å². The Balaban J connectivity index is 2.92. The second-order valence-corrected chi connectivity index (χ2v) is 9.69. The Hall–Kier alpha value is -0.913. The third-order valence-electron chi connectivity index (χ3n) is 2.13. The Morgan fingerprint density at radius 3 is 2.38 bits per heavy atom. The molecule has 0 atom stereocenters. The van der Waals surface area contributed by atoms with Crippen LogP contribution in [-0.4, -0.2) is 22.5 Å². The molecule has 0 heterocycles. The van der Waals surface area contributed by atoms with Gasteiger partial charge in [0.25, 0.3) is 10.1 Å². The Morgan fingerprint density at radius 1 is 1.31 bits per heavy atom. The van der Waals surface area contributed by atoms with Crippen molar-refractivity contribution in [3.63, 3.8) is 0 Å². The summed E-state index contributed by atoms with van der Waals surface area (Å²) in [7, 11) is -5.88. The second-order valence-electron chi connectivity index (χ2n) is 3.97. The van der Waals surface area contributed by atoms with Crippen LogP contribution in [0.1, 0.15) is 0 Å². The van der Waals surface area contributed by atoms with E-state index < -0.39 is 18.4 Å². The summed E-state index contributed by atoms with van der Waals surface area (Å²) in [6.07, 6.45) is 1.34. The van der Waals surface area contributed by atoms with Gasteiger partial charge in [-0.3, -0.25) is 0 Å². The van der Waals surface area contributed by atoms with Gasteiger partial charge in [-0.1, -0.05) is 36.4 Å². The van der Waals surface area contributed by atoms with E-state index in [1.165, 1.54) is 6.08 Å². The van der Waals surface area contributed by atoms with Crippen LogP contribution >= 0.6 is 0 Å². The molecule has 1 aromatic rings. The SMILES string of the molecule is C=CCS(=O)(=O)O[Si](C)(C)c1ccccc1. The average molecular weight is 256 g/mol. The van der Waals surface area contributed by atoms with E-state index in [4.69, 9.17) is 3.87 Å². The molecular formula is C11H16O3SSi. The molecule has 0 saturated carbocycles. The van der Waals surface area contributed by atoms with Gasteiger partial charge in [0.1, 0.15) is 0 Å². The Labute approximate surface area is 98.0 Å². The van der Waals surface area contributed by atoms with E-state index in [2.05, 4.69) is 6.58 Å². The first-order valence-corrected chi connectivity index (χ1v) is 9.46. The number of hydrogen-bond acceptors (Lipinski definition) is 3. The molecule has 0 spiro atoms. The fourth-order valence-corrected chi connectivity index (χ4v) is 5.86. The van der Waals surface area contributed by atoms with E-state index in [0.717, 1.165) is 5.19 Å². The molecule has 0 unspecified atom stereocenters. The topological polar surface area (TPSA) is 43.4 Å². The van der Waals surface area contributed by atoms with Crippen molar-refractivity contribution in [2.24, 2.45) is 0 Å². The molecule has 0 bridgehead atoms. The Kier molecular flexibility index (Phi) is 4.07. The monoisotopic (exact) mass is 256 g/mol. The van der Waals surface area contributed by atoms with Gasteiger partial charge in [0.2, 0.25) is 8.32 Å². The van der Waals surface area contributed by atoms with E-state index in [9.17, 15) is 8.42 Å². The average Bonchev–Trinajstić information content (AvgIpc) is 2.17. The lowest BCUT2D eigenvalue weighted by Gasteiger charge is -2.22. The fourth-order valence-electron chi connectivity index (χ4n) is 1.38. The maximum atomic E-state index is 11.6. The first kappa shape index (κ1) is 13.2. The van der Waals surface area contributed by atoms with Crippen LogP contribution in [0.15, 0.2) is 43.0 Å². The number of hydrogen-bond donors (Lipinski definition) is 0. The van der Waals surface area contributed by atoms with Crippen LogP contribution in [0.5, 0.6) is 0 Å². The summed E-state index contributed by atoms with van der Waals surface area (Å²) in [5.74, 6) is -0.143. The summed E-state index contributed by atoms with van der Waals surface area (Å²) in [6, 6.07) is 9.46. The van der Waals surface area contributed by atoms with Crippen LogP contribution in [0.4, 0.5) is 0 Å². The molecule has 1 rings (SSSR count). The highest BCUT2D eigenvalue weighted by Gasteiger charge is 2.31. The number of benzene rings is 1. The third kappa shape index (κ3) is 3.59. The zero-order valence-electron chi connectivity index (χ0n) is 9.51. The molecule has 0 amide bonds. The van der Waals surface area contributed by atoms with Crippen molar-refractivity contribution in [1.82, 2.24) is 0 Å². The smallest absolute Gasteiger partial charge is 0.261 e. The Morgan fingerprint density at radius 2 is 1.88 bits per heavy atom. The van der Waals surface area contributed by atoms with Gasteiger partial charge in [0, 0.05) is 0 Å². The predicted octanol–water partition coefficient (Wildman–Crippen LogP) is 1.63. The second kappa shape index (κ2) is 4.95. The molecule has 3 nitrogen and oxygen atoms in total. The minimum absolute atomic E-state index is 0.143. The van der Waals surface area contributed by atoms with Crippen LogP contribution in [0.2, 0.25) is 13.1 Å². The van der Waals surface area contributed by atoms with Gasteiger partial charge in [-0.15, -0.1) is 6.58 Å². The van der Waals surface area contributed by atoms with Crippen LogP contribution in [0.25, 0.3) is 0 Å². The zero-order chi connectivity index (χ0) is 12.2. The van der Waals surface area contributed by atoms with Gasteiger partial charge in [-0.25, -0.2) is 8.42 Å². The van der Waals surface area contributed by atoms with E-state index in [1.54, 1.807) is 0 Å². The molecule has 0 aliphatic rings. The van der Waals surface area contributed by atoms with Crippen molar-refractivity contribution in [2.75, 3.05) is 5.75 Å². The predicted molar refractivity (Wildman–Crippen MR) is 68.6 cm³/mol. The molecule has 88 valence electrons. The maximum absolute atomic E-state index is 11.6. The van der Waals surface area contributed by atoms with Gasteiger partial charge in [-0.2, -0.15) is 0 Å². The highest BCUT2D eigenvalue weighted by molar-refractivity contribution is 7.88. The summed E-state index contributed by atoms with van der Waals surface area (Å²) in [5.41, 5.74) is 0. The maximum Gasteiger partial charge on any atom is 0.261 e. The first-order chi connectivity index (χ1) is 7.37. The highest BCUT2D eigenvalue weighted by atomic mass is 32.2. The molecule has 5 heteroatoms. The van der Waals surface area contributed by atoms with Crippen LogP contribution in [-0.2, 0) is 14.0 Å². The third-order valence-corrected chi connectivity index (χ3v) is 7.18. The molecule has 0 aliphatic heterocycles. The normalized spacial score (nSPS) is 12.4. The van der Waals surface area contributed by atoms with Crippen molar-refractivity contribution < 1.29 is 12.3 Å². The summed E-state index contributed by atoms with van der Waals surface area (Å²) >= 11 is 0. The van der Waals surface area contributed by atoms with Crippen molar-refractivity contribution in [3.8, 4) is 0 Å². The lowest BCUT2D eigenvalue weighted by molar-refractivity contribution is 0.492. The minimum Gasteiger partial charge on any atom is -0.309 e. The van der Waals surface area contributed by atoms with Gasteiger partial charge in [0.15, 0.2) is 0 Å². The van der Waals surface area contributed by atoms with Gasteiger partial charge in [0.05, 0.1) is 5.75 Å².